The number of benzene rings is 2. The van der Waals surface area contributed by atoms with Crippen molar-refractivity contribution in [2.75, 3.05) is 40.9 Å². The number of esters is 1. The molecule has 354 valence electrons. The van der Waals surface area contributed by atoms with Crippen LogP contribution in [-0.4, -0.2) is 130 Å². The van der Waals surface area contributed by atoms with Crippen molar-refractivity contribution in [3.63, 3.8) is 0 Å². The fraction of sp³-hybridized carbons (Fsp3) is 0.520. The molecule has 5 heterocycles. The lowest BCUT2D eigenvalue weighted by Crippen LogP contribution is -2.62. The Bertz CT molecular complexity index is 2510. The van der Waals surface area contributed by atoms with Crippen LogP contribution in [0.4, 0.5) is 0 Å². The Labute approximate surface area is 387 Å². The van der Waals surface area contributed by atoms with E-state index in [9.17, 15) is 29.1 Å². The number of ether oxygens (including phenoxy) is 2. The number of cyclic esters (lactones) is 1. The molecule has 0 spiro atoms. The molecule has 3 aliphatic rings. The Morgan fingerprint density at radius 1 is 1.06 bits per heavy atom. The summed E-state index contributed by atoms with van der Waals surface area (Å²) in [5.41, 5.74) is 9.32. The maximum atomic E-state index is 14.7. The van der Waals surface area contributed by atoms with Crippen LogP contribution in [0, 0.1) is 11.3 Å². The van der Waals surface area contributed by atoms with Crippen molar-refractivity contribution in [1.29, 1.82) is 0 Å². The SMILES string of the molecule is CCn1c(-c2cnccc2COC)c2c3cc(ccc31)-c1cc(O)cc(c1)C[C@H](NC(=O)[C@H](C(C)C)N(C)C(=O)CN(C)C(=O)[C@@H]1NC1(C)C)C(=O)N1CCC[C@H](N1)C(=O)OCC(C)(C)C2. The molecule has 2 saturated heterocycles. The summed E-state index contributed by atoms with van der Waals surface area (Å²) >= 11 is 0. The summed E-state index contributed by atoms with van der Waals surface area (Å²) in [6, 6.07) is 9.96. The van der Waals surface area contributed by atoms with E-state index in [2.05, 4.69) is 58.5 Å². The summed E-state index contributed by atoms with van der Waals surface area (Å²) in [5.74, 6) is -2.59. The number of methoxy groups -OCH3 is 1. The van der Waals surface area contributed by atoms with E-state index >= 15 is 0 Å². The van der Waals surface area contributed by atoms with Crippen molar-refractivity contribution >= 4 is 40.5 Å². The predicted molar refractivity (Wildman–Crippen MR) is 251 cm³/mol. The molecule has 16 heteroatoms. The Balaban J connectivity index is 1.28. The summed E-state index contributed by atoms with van der Waals surface area (Å²) in [6.07, 6.45) is 5.09. The Hall–Kier alpha value is -5.84. The molecule has 2 aromatic heterocycles. The smallest absolute Gasteiger partial charge is 0.324 e. The van der Waals surface area contributed by atoms with Crippen molar-refractivity contribution < 1.29 is 38.6 Å². The monoisotopic (exact) mass is 907 g/mol. The van der Waals surface area contributed by atoms with Gasteiger partial charge in [-0.2, -0.15) is 0 Å². The number of aryl methyl sites for hydroxylation is 1. The van der Waals surface area contributed by atoms with Crippen LogP contribution in [0.15, 0.2) is 54.9 Å². The van der Waals surface area contributed by atoms with Crippen molar-refractivity contribution in [2.45, 2.75) is 117 Å². The zero-order valence-corrected chi connectivity index (χ0v) is 40.0. The van der Waals surface area contributed by atoms with Crippen LogP contribution in [0.2, 0.25) is 0 Å². The number of phenolic OH excluding ortho intramolecular Hbond substituents is 1. The first-order chi connectivity index (χ1) is 31.2. The van der Waals surface area contributed by atoms with Gasteiger partial charge in [0.05, 0.1) is 25.5 Å². The lowest BCUT2D eigenvalue weighted by Gasteiger charge is -2.37. The molecule has 66 heavy (non-hydrogen) atoms. The van der Waals surface area contributed by atoms with E-state index in [1.807, 2.05) is 52.1 Å². The number of aromatic hydroxyl groups is 1. The number of aromatic nitrogens is 2. The first-order valence-electron chi connectivity index (χ1n) is 23.0. The third-order valence-electron chi connectivity index (χ3n) is 13.2. The average molecular weight is 907 g/mol. The molecule has 0 unspecified atom stereocenters. The molecule has 2 fully saturated rings. The summed E-state index contributed by atoms with van der Waals surface area (Å²) < 4.78 is 14.0. The summed E-state index contributed by atoms with van der Waals surface area (Å²) in [5, 5.41) is 19.8. The molecular weight excluding hydrogens is 841 g/mol. The van der Waals surface area contributed by atoms with E-state index in [0.717, 1.165) is 38.9 Å². The lowest BCUT2D eigenvalue weighted by atomic mass is 9.84. The van der Waals surface area contributed by atoms with Gasteiger partial charge in [-0.25, -0.2) is 5.43 Å². The van der Waals surface area contributed by atoms with Gasteiger partial charge >= 0.3 is 5.97 Å². The number of nitrogens with one attached hydrogen (secondary N) is 3. The molecule has 0 radical (unpaired) electrons. The largest absolute Gasteiger partial charge is 0.508 e. The number of nitrogens with zero attached hydrogens (tertiary/aromatic N) is 5. The number of rotatable bonds is 11. The number of pyridine rings is 1. The second kappa shape index (κ2) is 19.2. The van der Waals surface area contributed by atoms with Gasteiger partial charge in [0.15, 0.2) is 0 Å². The van der Waals surface area contributed by atoms with Crippen LogP contribution in [-0.2, 0) is 59.4 Å². The minimum atomic E-state index is -1.18. The van der Waals surface area contributed by atoms with Gasteiger partial charge in [-0.05, 0) is 104 Å². The number of hydrogen-bond donors (Lipinski definition) is 4. The van der Waals surface area contributed by atoms with Gasteiger partial charge in [0.2, 0.25) is 17.7 Å². The minimum Gasteiger partial charge on any atom is -0.508 e. The standard InChI is InChI=1S/C50H66N8O8/c1-11-57-40-15-14-31-23-35(40)36(43(57)37-25-51-17-16-32(37)27-65-10)24-49(4,5)28-66-48(64)38-13-12-18-58(54-38)46(62)39(21-30-19-33(31)22-34(59)20-30)52-45(61)42(29(2)3)56(9)41(60)26-55(8)47(63)44-50(6,7)53-44/h14-17,19-20,22-23,25,29,38-39,42,44,53-54,59H,11-13,18,21,24,26-28H2,1-10H3,(H,52,61)/t38-,39-,42-,44-/m0/s1. The molecular formula is C50H66N8O8. The number of hydrazine groups is 1. The Morgan fingerprint density at radius 2 is 1.80 bits per heavy atom. The number of carbonyl (C=O) groups excluding carboxylic acids is 5. The van der Waals surface area contributed by atoms with Crippen molar-refractivity contribution in [3.8, 4) is 28.1 Å². The number of carbonyl (C=O) groups is 5. The van der Waals surface area contributed by atoms with Gasteiger partial charge in [-0.15, -0.1) is 0 Å². The molecule has 4 atom stereocenters. The highest BCUT2D eigenvalue weighted by Gasteiger charge is 2.51. The van der Waals surface area contributed by atoms with Crippen LogP contribution in [0.3, 0.4) is 0 Å². The maximum absolute atomic E-state index is 14.7. The van der Waals surface area contributed by atoms with Crippen molar-refractivity contribution in [1.82, 2.24) is 40.4 Å². The van der Waals surface area contributed by atoms with Gasteiger partial charge in [0.25, 0.3) is 5.91 Å². The van der Waals surface area contributed by atoms with Gasteiger partial charge < -0.3 is 34.3 Å². The molecule has 0 saturated carbocycles. The van der Waals surface area contributed by atoms with Gasteiger partial charge in [0.1, 0.15) is 29.9 Å². The molecule has 6 bridgehead atoms. The average Bonchev–Trinajstić information content (AvgIpc) is 3.81. The van der Waals surface area contributed by atoms with E-state index in [0.29, 0.717) is 43.5 Å². The first kappa shape index (κ1) is 48.1. The third-order valence-corrected chi connectivity index (χ3v) is 13.2. The molecule has 4 N–H and O–H groups in total. The quantitative estimate of drug-likeness (QED) is 0.121. The minimum absolute atomic E-state index is 0.0185. The zero-order chi connectivity index (χ0) is 47.8. The van der Waals surface area contributed by atoms with Crippen LogP contribution in [0.1, 0.15) is 78.0 Å². The normalized spacial score (nSPS) is 20.9. The number of phenols is 1. The van der Waals surface area contributed by atoms with Crippen LogP contribution < -0.4 is 16.1 Å². The third kappa shape index (κ3) is 10.1. The highest BCUT2D eigenvalue weighted by Crippen LogP contribution is 2.41. The summed E-state index contributed by atoms with van der Waals surface area (Å²) in [7, 11) is 4.75. The Kier molecular flexibility index (Phi) is 14.0. The second-order valence-electron chi connectivity index (χ2n) is 19.9. The molecule has 16 nitrogen and oxygen atoms in total. The van der Waals surface area contributed by atoms with Gasteiger partial charge in [-0.3, -0.25) is 39.3 Å². The van der Waals surface area contributed by atoms with Crippen LogP contribution >= 0.6 is 0 Å². The molecule has 7 rings (SSSR count). The molecule has 3 aliphatic heterocycles. The van der Waals surface area contributed by atoms with E-state index < -0.39 is 53.3 Å². The van der Waals surface area contributed by atoms with Gasteiger partial charge in [-0.1, -0.05) is 39.8 Å². The zero-order valence-electron chi connectivity index (χ0n) is 40.0. The Morgan fingerprint density at radius 3 is 2.48 bits per heavy atom. The van der Waals surface area contributed by atoms with Crippen molar-refractivity contribution in [3.05, 3.63) is 71.5 Å². The van der Waals surface area contributed by atoms with Crippen molar-refractivity contribution in [2.24, 2.45) is 11.3 Å². The number of fused-ring (bicyclic) bond motifs is 6. The van der Waals surface area contributed by atoms with Crippen LogP contribution in [0.5, 0.6) is 5.75 Å². The number of amides is 4. The molecule has 4 aromatic rings. The highest BCUT2D eigenvalue weighted by atomic mass is 16.5. The fourth-order valence-corrected chi connectivity index (χ4v) is 9.58. The molecule has 4 amide bonds. The molecule has 2 aromatic carbocycles. The van der Waals surface area contributed by atoms with Gasteiger partial charge in [0, 0.05) is 80.5 Å². The van der Waals surface area contributed by atoms with E-state index in [-0.39, 0.29) is 49.2 Å². The number of hydrogen-bond acceptors (Lipinski definition) is 11. The lowest BCUT2D eigenvalue weighted by molar-refractivity contribution is -0.155. The second-order valence-corrected chi connectivity index (χ2v) is 19.9. The summed E-state index contributed by atoms with van der Waals surface area (Å²) in [4.78, 5) is 77.0. The first-order valence-corrected chi connectivity index (χ1v) is 23.0. The topological polar surface area (TPSA) is 198 Å². The molecule has 0 aliphatic carbocycles. The maximum Gasteiger partial charge on any atom is 0.324 e. The van der Waals surface area contributed by atoms with E-state index in [4.69, 9.17) is 9.47 Å². The predicted octanol–water partition coefficient (Wildman–Crippen LogP) is 4.58. The summed E-state index contributed by atoms with van der Waals surface area (Å²) in [6.45, 7) is 14.9. The van der Waals surface area contributed by atoms with E-state index in [1.165, 1.54) is 21.9 Å². The van der Waals surface area contributed by atoms with E-state index in [1.54, 1.807) is 32.5 Å². The van der Waals surface area contributed by atoms with Crippen LogP contribution in [0.25, 0.3) is 33.3 Å². The fourth-order valence-electron chi connectivity index (χ4n) is 9.58. The highest BCUT2D eigenvalue weighted by molar-refractivity contribution is 5.96. The number of likely N-dealkylation sites (N-methyl/N-ethyl adjacent to an activating group) is 2.